The minimum atomic E-state index is 0. The predicted molar refractivity (Wildman–Crippen MR) is 89.4 cm³/mol. The number of amides is 1. The monoisotopic (exact) mass is 308 g/mol. The van der Waals surface area contributed by atoms with Crippen molar-refractivity contribution in [2.75, 3.05) is 11.9 Å². The van der Waals surface area contributed by atoms with Gasteiger partial charge in [-0.3, -0.25) is 4.79 Å². The minimum absolute atomic E-state index is 0. The van der Waals surface area contributed by atoms with Crippen molar-refractivity contribution < 1.29 is 4.79 Å². The van der Waals surface area contributed by atoms with E-state index in [1.165, 1.54) is 18.4 Å². The summed E-state index contributed by atoms with van der Waals surface area (Å²) in [7, 11) is 0. The molecule has 0 saturated heterocycles. The van der Waals surface area contributed by atoms with Gasteiger partial charge in [0.25, 0.3) is 5.91 Å². The lowest BCUT2D eigenvalue weighted by Crippen LogP contribution is -2.38. The average Bonchev–Trinajstić information content (AvgIpc) is 2.49. The molecule has 1 heterocycles. The molecule has 3 rings (SSSR count). The van der Waals surface area contributed by atoms with Crippen LogP contribution in [0.1, 0.15) is 54.9 Å². The molecule has 1 aromatic carbocycles. The maximum absolute atomic E-state index is 12.5. The second-order valence-corrected chi connectivity index (χ2v) is 6.29. The van der Waals surface area contributed by atoms with Gasteiger partial charge >= 0.3 is 0 Å². The second kappa shape index (κ2) is 7.17. The summed E-state index contributed by atoms with van der Waals surface area (Å²) in [6.45, 7) is 3.32. The zero-order chi connectivity index (χ0) is 13.9. The van der Waals surface area contributed by atoms with Crippen LogP contribution in [0.3, 0.4) is 0 Å². The van der Waals surface area contributed by atoms with Crippen LogP contribution in [-0.2, 0) is 6.42 Å². The van der Waals surface area contributed by atoms with E-state index < -0.39 is 0 Å². The Morgan fingerprint density at radius 2 is 2.00 bits per heavy atom. The Morgan fingerprint density at radius 3 is 2.76 bits per heavy atom. The molecule has 116 valence electrons. The first-order valence-electron chi connectivity index (χ1n) is 7.90. The number of fused-ring (bicyclic) bond motifs is 1. The van der Waals surface area contributed by atoms with Crippen molar-refractivity contribution in [3.63, 3.8) is 0 Å². The molecule has 4 heteroatoms. The van der Waals surface area contributed by atoms with E-state index in [1.54, 1.807) is 0 Å². The molecular formula is C17H25ClN2O. The zero-order valence-corrected chi connectivity index (χ0v) is 13.5. The van der Waals surface area contributed by atoms with Crippen LogP contribution in [0.25, 0.3) is 0 Å². The third-order valence-corrected chi connectivity index (χ3v) is 4.69. The zero-order valence-electron chi connectivity index (χ0n) is 12.7. The van der Waals surface area contributed by atoms with Crippen LogP contribution in [0.5, 0.6) is 0 Å². The molecule has 1 amide bonds. The van der Waals surface area contributed by atoms with Crippen molar-refractivity contribution in [3.8, 4) is 0 Å². The first-order valence-corrected chi connectivity index (χ1v) is 7.90. The molecule has 2 aliphatic rings. The Bertz CT molecular complexity index is 496. The fraction of sp³-hybridized carbons (Fsp3) is 0.588. The maximum atomic E-state index is 12.5. The predicted octanol–water partition coefficient (Wildman–Crippen LogP) is 3.78. The number of anilines is 1. The molecule has 0 spiro atoms. The largest absolute Gasteiger partial charge is 0.385 e. The Hall–Kier alpha value is -1.22. The molecular weight excluding hydrogens is 284 g/mol. The van der Waals surface area contributed by atoms with Crippen molar-refractivity contribution in [1.82, 2.24) is 5.32 Å². The van der Waals surface area contributed by atoms with Gasteiger partial charge in [0.2, 0.25) is 0 Å². The highest BCUT2D eigenvalue weighted by molar-refractivity contribution is 5.97. The Balaban J connectivity index is 0.00000161. The summed E-state index contributed by atoms with van der Waals surface area (Å²) in [5.74, 6) is 0.932. The number of halogens is 1. The molecule has 0 bridgehead atoms. The third kappa shape index (κ3) is 3.70. The molecule has 1 saturated carbocycles. The van der Waals surface area contributed by atoms with Crippen LogP contribution in [0.15, 0.2) is 18.2 Å². The molecule has 0 unspecified atom stereocenters. The Labute approximate surface area is 133 Å². The summed E-state index contributed by atoms with van der Waals surface area (Å²) < 4.78 is 0. The van der Waals surface area contributed by atoms with E-state index in [0.717, 1.165) is 49.4 Å². The van der Waals surface area contributed by atoms with Gasteiger partial charge in [0, 0.05) is 23.8 Å². The van der Waals surface area contributed by atoms with E-state index in [9.17, 15) is 4.79 Å². The summed E-state index contributed by atoms with van der Waals surface area (Å²) in [5, 5.41) is 6.63. The van der Waals surface area contributed by atoms with Crippen LogP contribution in [0.2, 0.25) is 0 Å². The topological polar surface area (TPSA) is 41.1 Å². The standard InChI is InChI=1S/C17H24N2O.ClH/c1-12-7-9-13(10-8-12)19-17(20)15-4-2-6-16-14(15)5-3-11-18-16;/h2,4,6,12-13,18H,3,5,7-11H2,1H3,(H,19,20);1H. The summed E-state index contributed by atoms with van der Waals surface area (Å²) in [4.78, 5) is 12.5. The number of hydrogen-bond donors (Lipinski definition) is 2. The van der Waals surface area contributed by atoms with E-state index in [2.05, 4.69) is 23.6 Å². The van der Waals surface area contributed by atoms with Gasteiger partial charge in [0.15, 0.2) is 0 Å². The van der Waals surface area contributed by atoms with Gasteiger partial charge in [0.05, 0.1) is 0 Å². The summed E-state index contributed by atoms with van der Waals surface area (Å²) in [6, 6.07) is 6.39. The number of rotatable bonds is 2. The quantitative estimate of drug-likeness (QED) is 0.873. The van der Waals surface area contributed by atoms with Crippen molar-refractivity contribution in [2.45, 2.75) is 51.5 Å². The van der Waals surface area contributed by atoms with Gasteiger partial charge in [0.1, 0.15) is 0 Å². The smallest absolute Gasteiger partial charge is 0.251 e. The third-order valence-electron chi connectivity index (χ3n) is 4.69. The number of carbonyl (C=O) groups excluding carboxylic acids is 1. The second-order valence-electron chi connectivity index (χ2n) is 6.29. The number of carbonyl (C=O) groups is 1. The van der Waals surface area contributed by atoms with E-state index in [0.29, 0.717) is 6.04 Å². The summed E-state index contributed by atoms with van der Waals surface area (Å²) in [5.41, 5.74) is 3.20. The lowest BCUT2D eigenvalue weighted by atomic mass is 9.87. The van der Waals surface area contributed by atoms with Crippen LogP contribution < -0.4 is 10.6 Å². The van der Waals surface area contributed by atoms with E-state index in [4.69, 9.17) is 0 Å². The average molecular weight is 309 g/mol. The summed E-state index contributed by atoms with van der Waals surface area (Å²) in [6.07, 6.45) is 6.84. The number of benzene rings is 1. The highest BCUT2D eigenvalue weighted by Gasteiger charge is 2.22. The van der Waals surface area contributed by atoms with E-state index in [1.807, 2.05) is 12.1 Å². The normalized spacial score (nSPS) is 24.2. The van der Waals surface area contributed by atoms with E-state index in [-0.39, 0.29) is 18.3 Å². The van der Waals surface area contributed by atoms with Crippen LogP contribution in [0, 0.1) is 5.92 Å². The lowest BCUT2D eigenvalue weighted by molar-refractivity contribution is 0.0922. The lowest BCUT2D eigenvalue weighted by Gasteiger charge is -2.28. The van der Waals surface area contributed by atoms with Crippen LogP contribution in [-0.4, -0.2) is 18.5 Å². The van der Waals surface area contributed by atoms with Gasteiger partial charge in [-0.1, -0.05) is 13.0 Å². The highest BCUT2D eigenvalue weighted by atomic mass is 35.5. The Morgan fingerprint density at radius 1 is 1.24 bits per heavy atom. The SMILES string of the molecule is CC1CCC(NC(=O)c2cccc3c2CCCN3)CC1.Cl. The highest BCUT2D eigenvalue weighted by Crippen LogP contribution is 2.27. The molecule has 1 aliphatic heterocycles. The molecule has 1 fully saturated rings. The number of hydrogen-bond acceptors (Lipinski definition) is 2. The van der Waals surface area contributed by atoms with Gasteiger partial charge in [-0.25, -0.2) is 0 Å². The molecule has 1 aromatic rings. The first kappa shape index (κ1) is 16.2. The molecule has 1 aliphatic carbocycles. The van der Waals surface area contributed by atoms with Gasteiger partial charge in [-0.2, -0.15) is 0 Å². The van der Waals surface area contributed by atoms with Crippen molar-refractivity contribution in [1.29, 1.82) is 0 Å². The van der Waals surface area contributed by atoms with Crippen molar-refractivity contribution in [2.24, 2.45) is 5.92 Å². The first-order chi connectivity index (χ1) is 9.74. The molecule has 2 N–H and O–H groups in total. The fourth-order valence-corrected chi connectivity index (χ4v) is 3.39. The van der Waals surface area contributed by atoms with E-state index >= 15 is 0 Å². The molecule has 0 radical (unpaired) electrons. The number of nitrogens with one attached hydrogen (secondary N) is 2. The molecule has 21 heavy (non-hydrogen) atoms. The Kier molecular flexibility index (Phi) is 5.51. The molecule has 0 atom stereocenters. The summed E-state index contributed by atoms with van der Waals surface area (Å²) >= 11 is 0. The van der Waals surface area contributed by atoms with Gasteiger partial charge < -0.3 is 10.6 Å². The van der Waals surface area contributed by atoms with Crippen molar-refractivity contribution in [3.05, 3.63) is 29.3 Å². The molecule has 3 nitrogen and oxygen atoms in total. The van der Waals surface area contributed by atoms with Gasteiger partial charge in [-0.15, -0.1) is 12.4 Å². The van der Waals surface area contributed by atoms with Crippen LogP contribution in [0.4, 0.5) is 5.69 Å². The molecule has 0 aromatic heterocycles. The van der Waals surface area contributed by atoms with Crippen LogP contribution >= 0.6 is 12.4 Å². The maximum Gasteiger partial charge on any atom is 0.251 e. The van der Waals surface area contributed by atoms with Crippen molar-refractivity contribution >= 4 is 24.0 Å². The fourth-order valence-electron chi connectivity index (χ4n) is 3.39. The minimum Gasteiger partial charge on any atom is -0.385 e. The van der Waals surface area contributed by atoms with Gasteiger partial charge in [-0.05, 0) is 62.1 Å².